The number of primary amides is 1. The van der Waals surface area contributed by atoms with Crippen molar-refractivity contribution in [3.8, 4) is 11.5 Å². The minimum absolute atomic E-state index is 0.000830. The van der Waals surface area contributed by atoms with Gasteiger partial charge in [0.1, 0.15) is 23.1 Å². The van der Waals surface area contributed by atoms with E-state index in [0.717, 1.165) is 12.3 Å². The topological polar surface area (TPSA) is 133 Å². The summed E-state index contributed by atoms with van der Waals surface area (Å²) in [5.74, 6) is -3.05. The molecule has 5 N–H and O–H groups in total. The van der Waals surface area contributed by atoms with E-state index in [9.17, 15) is 14.0 Å². The van der Waals surface area contributed by atoms with Crippen LogP contribution in [0.4, 0.5) is 8.78 Å². The number of allylic oxidation sites excluding steroid dienone is 1. The van der Waals surface area contributed by atoms with E-state index >= 15 is 4.39 Å². The summed E-state index contributed by atoms with van der Waals surface area (Å²) >= 11 is 0. The molecule has 1 aromatic heterocycles. The highest BCUT2D eigenvalue weighted by molar-refractivity contribution is 5.98. The average Bonchev–Trinajstić information content (AvgIpc) is 2.82. The van der Waals surface area contributed by atoms with Crippen LogP contribution < -0.4 is 21.5 Å². The molecule has 10 heteroatoms. The summed E-state index contributed by atoms with van der Waals surface area (Å²) in [6.07, 6.45) is 3.42. The zero-order valence-electron chi connectivity index (χ0n) is 20.4. The summed E-state index contributed by atoms with van der Waals surface area (Å²) in [5, 5.41) is 2.93. The van der Waals surface area contributed by atoms with E-state index in [1.165, 1.54) is 37.5 Å². The lowest BCUT2D eigenvalue weighted by Crippen LogP contribution is -2.27. The molecule has 0 aliphatic rings. The van der Waals surface area contributed by atoms with E-state index in [1.54, 1.807) is 6.07 Å². The summed E-state index contributed by atoms with van der Waals surface area (Å²) < 4.78 is 35.9. The van der Waals surface area contributed by atoms with E-state index in [4.69, 9.17) is 16.2 Å². The molecular weight excluding hydrogens is 468 g/mol. The standard InChI is InChI=1S/C26H27F2N5O3/c1-14-22(36-21-7-8-31-20-6-5-15(25(30)35)9-18(20)21)11-19(27)17(24(14)28)10-23(34)33-16(12-29)13-32-26(2,3)4/h5-9,11-13H,10,29H2,1-4H3,(H2,30,35)(H,33,34)/b16-12+,32-13?. The largest absolute Gasteiger partial charge is 0.456 e. The van der Waals surface area contributed by atoms with E-state index < -0.39 is 41.0 Å². The molecule has 0 unspecified atom stereocenters. The number of pyridine rings is 1. The van der Waals surface area contributed by atoms with Gasteiger partial charge in [-0.3, -0.25) is 19.6 Å². The fourth-order valence-corrected chi connectivity index (χ4v) is 3.25. The summed E-state index contributed by atoms with van der Waals surface area (Å²) in [7, 11) is 0. The van der Waals surface area contributed by atoms with Crippen LogP contribution in [0.1, 0.15) is 42.3 Å². The molecule has 0 aliphatic carbocycles. The molecule has 36 heavy (non-hydrogen) atoms. The van der Waals surface area contributed by atoms with E-state index in [0.29, 0.717) is 10.9 Å². The molecule has 3 rings (SSSR count). The van der Waals surface area contributed by atoms with Crippen LogP contribution in [0.3, 0.4) is 0 Å². The maximum absolute atomic E-state index is 15.2. The first-order chi connectivity index (χ1) is 16.9. The zero-order chi connectivity index (χ0) is 26.6. The molecule has 0 atom stereocenters. The van der Waals surface area contributed by atoms with Crippen LogP contribution in [0.5, 0.6) is 11.5 Å². The highest BCUT2D eigenvalue weighted by atomic mass is 19.1. The monoisotopic (exact) mass is 495 g/mol. The maximum Gasteiger partial charge on any atom is 0.248 e. The van der Waals surface area contributed by atoms with Crippen molar-refractivity contribution in [1.29, 1.82) is 0 Å². The number of aromatic nitrogens is 1. The fourth-order valence-electron chi connectivity index (χ4n) is 3.25. The van der Waals surface area contributed by atoms with Crippen LogP contribution in [0.2, 0.25) is 0 Å². The molecule has 0 radical (unpaired) electrons. The van der Waals surface area contributed by atoms with Crippen molar-refractivity contribution in [2.75, 3.05) is 0 Å². The second-order valence-corrected chi connectivity index (χ2v) is 9.06. The quantitative estimate of drug-likeness (QED) is 0.426. The third kappa shape index (κ3) is 6.21. The number of ether oxygens (including phenoxy) is 1. The molecular formula is C26H27F2N5O3. The predicted molar refractivity (Wildman–Crippen MR) is 134 cm³/mol. The minimum Gasteiger partial charge on any atom is -0.456 e. The van der Waals surface area contributed by atoms with Gasteiger partial charge in [0, 0.05) is 46.8 Å². The summed E-state index contributed by atoms with van der Waals surface area (Å²) in [4.78, 5) is 32.5. The van der Waals surface area contributed by atoms with Crippen LogP contribution in [-0.2, 0) is 11.2 Å². The van der Waals surface area contributed by atoms with Crippen molar-refractivity contribution in [2.45, 2.75) is 39.7 Å². The number of nitrogens with one attached hydrogen (secondary N) is 1. The van der Waals surface area contributed by atoms with Crippen LogP contribution in [0.25, 0.3) is 10.9 Å². The number of carbonyl (C=O) groups excluding carboxylic acids is 2. The third-order valence-corrected chi connectivity index (χ3v) is 5.11. The molecule has 0 spiro atoms. The smallest absolute Gasteiger partial charge is 0.248 e. The lowest BCUT2D eigenvalue weighted by atomic mass is 10.0. The van der Waals surface area contributed by atoms with E-state index in [-0.39, 0.29) is 28.3 Å². The highest BCUT2D eigenvalue weighted by Gasteiger charge is 2.21. The number of hydrogen-bond acceptors (Lipinski definition) is 6. The summed E-state index contributed by atoms with van der Waals surface area (Å²) in [5.41, 5.74) is 11.0. The minimum atomic E-state index is -0.957. The number of halogens is 2. The Morgan fingerprint density at radius 2 is 1.89 bits per heavy atom. The second-order valence-electron chi connectivity index (χ2n) is 9.06. The second kappa shape index (κ2) is 10.5. The highest BCUT2D eigenvalue weighted by Crippen LogP contribution is 2.34. The van der Waals surface area contributed by atoms with Crippen LogP contribution >= 0.6 is 0 Å². The van der Waals surface area contributed by atoms with Crippen LogP contribution in [0.15, 0.2) is 53.4 Å². The first kappa shape index (κ1) is 26.3. The van der Waals surface area contributed by atoms with Crippen molar-refractivity contribution in [3.63, 3.8) is 0 Å². The third-order valence-electron chi connectivity index (χ3n) is 5.11. The van der Waals surface area contributed by atoms with Gasteiger partial charge in [-0.15, -0.1) is 0 Å². The Morgan fingerprint density at radius 1 is 1.17 bits per heavy atom. The number of rotatable bonds is 7. The molecule has 8 nitrogen and oxygen atoms in total. The van der Waals surface area contributed by atoms with Gasteiger partial charge < -0.3 is 21.5 Å². The van der Waals surface area contributed by atoms with Gasteiger partial charge in [-0.2, -0.15) is 0 Å². The van der Waals surface area contributed by atoms with Gasteiger partial charge in [-0.05, 0) is 52.0 Å². The van der Waals surface area contributed by atoms with Crippen LogP contribution in [-0.4, -0.2) is 28.6 Å². The fraction of sp³-hybridized carbons (Fsp3) is 0.231. The molecule has 0 saturated heterocycles. The Balaban J connectivity index is 1.87. The van der Waals surface area contributed by atoms with Crippen molar-refractivity contribution in [1.82, 2.24) is 10.3 Å². The number of nitrogens with two attached hydrogens (primary N) is 2. The van der Waals surface area contributed by atoms with E-state index in [1.807, 2.05) is 20.8 Å². The van der Waals surface area contributed by atoms with Crippen molar-refractivity contribution >= 4 is 28.9 Å². The predicted octanol–water partition coefficient (Wildman–Crippen LogP) is 4.04. The normalized spacial score (nSPS) is 12.2. The lowest BCUT2D eigenvalue weighted by Gasteiger charge is -2.15. The average molecular weight is 496 g/mol. The first-order valence-electron chi connectivity index (χ1n) is 11.0. The molecule has 0 saturated carbocycles. The Kier molecular flexibility index (Phi) is 7.67. The zero-order valence-corrected chi connectivity index (χ0v) is 20.4. The summed E-state index contributed by atoms with van der Waals surface area (Å²) in [6, 6.07) is 7.11. The van der Waals surface area contributed by atoms with Gasteiger partial charge in [0.15, 0.2) is 0 Å². The molecule has 0 fully saturated rings. The van der Waals surface area contributed by atoms with Crippen molar-refractivity contribution in [2.24, 2.45) is 16.5 Å². The van der Waals surface area contributed by atoms with Crippen molar-refractivity contribution in [3.05, 3.63) is 76.8 Å². The van der Waals surface area contributed by atoms with Gasteiger partial charge in [0.2, 0.25) is 11.8 Å². The number of benzene rings is 2. The molecule has 3 aromatic rings. The molecule has 188 valence electrons. The Bertz CT molecular complexity index is 1390. The number of amides is 2. The number of hydrogen-bond donors (Lipinski definition) is 3. The van der Waals surface area contributed by atoms with Gasteiger partial charge >= 0.3 is 0 Å². The molecule has 0 bridgehead atoms. The SMILES string of the molecule is Cc1c(Oc2ccnc3ccc(C(N)=O)cc23)cc(F)c(CC(=O)N/C(C=NC(C)(C)C)=C/N)c1F. The number of carbonyl (C=O) groups is 2. The lowest BCUT2D eigenvalue weighted by molar-refractivity contribution is -0.119. The van der Waals surface area contributed by atoms with Gasteiger partial charge in [-0.1, -0.05) is 0 Å². The van der Waals surface area contributed by atoms with Crippen LogP contribution in [0, 0.1) is 18.6 Å². The first-order valence-corrected chi connectivity index (χ1v) is 11.0. The number of nitrogens with zero attached hydrogens (tertiary/aromatic N) is 2. The molecule has 0 aliphatic heterocycles. The molecule has 2 aromatic carbocycles. The van der Waals surface area contributed by atoms with Gasteiger partial charge in [0.05, 0.1) is 23.2 Å². The number of fused-ring (bicyclic) bond motifs is 1. The Hall–Kier alpha value is -4.34. The van der Waals surface area contributed by atoms with Gasteiger partial charge in [-0.25, -0.2) is 8.78 Å². The molecule has 1 heterocycles. The Labute approximate surface area is 207 Å². The Morgan fingerprint density at radius 3 is 2.53 bits per heavy atom. The number of aliphatic imine (C=N–C) groups is 1. The molecule has 2 amide bonds. The van der Waals surface area contributed by atoms with E-state index in [2.05, 4.69) is 15.3 Å². The van der Waals surface area contributed by atoms with Crippen molar-refractivity contribution < 1.29 is 23.1 Å². The summed E-state index contributed by atoms with van der Waals surface area (Å²) in [6.45, 7) is 7.00. The maximum atomic E-state index is 15.2. The van der Waals surface area contributed by atoms with Gasteiger partial charge in [0.25, 0.3) is 0 Å².